The van der Waals surface area contributed by atoms with Crippen molar-refractivity contribution in [3.8, 4) is 17.2 Å². The van der Waals surface area contributed by atoms with E-state index in [1.54, 1.807) is 27.4 Å². The van der Waals surface area contributed by atoms with E-state index in [2.05, 4.69) is 27.3 Å². The van der Waals surface area contributed by atoms with Gasteiger partial charge in [-0.15, -0.1) is 0 Å². The van der Waals surface area contributed by atoms with Crippen LogP contribution >= 0.6 is 0 Å². The normalized spacial score (nSPS) is 16.5. The van der Waals surface area contributed by atoms with Crippen molar-refractivity contribution in [1.29, 1.82) is 0 Å². The highest BCUT2D eigenvalue weighted by Gasteiger charge is 2.25. The van der Waals surface area contributed by atoms with Gasteiger partial charge in [0.1, 0.15) is 0 Å². The van der Waals surface area contributed by atoms with Crippen molar-refractivity contribution in [2.75, 3.05) is 59.5 Å². The number of nitrogens with one attached hydrogen (secondary N) is 1. The fourth-order valence-electron chi connectivity index (χ4n) is 4.75. The van der Waals surface area contributed by atoms with Crippen molar-refractivity contribution in [1.82, 2.24) is 10.2 Å². The monoisotopic (exact) mass is 485 g/mol. The van der Waals surface area contributed by atoms with E-state index in [4.69, 9.17) is 14.2 Å². The zero-order valence-electron chi connectivity index (χ0n) is 20.7. The molecule has 4 rings (SSSR count). The fraction of sp³-hybridized carbons (Fsp3) is 0.407. The summed E-state index contributed by atoms with van der Waals surface area (Å²) in [7, 11) is 6.82. The average molecular weight is 486 g/mol. The van der Waals surface area contributed by atoms with Gasteiger partial charge in [0.15, 0.2) is 23.1 Å². The Morgan fingerprint density at radius 2 is 1.66 bits per heavy atom. The van der Waals surface area contributed by atoms with Crippen LogP contribution in [0.15, 0.2) is 48.1 Å². The molecule has 2 aliphatic rings. The van der Waals surface area contributed by atoms with Crippen LogP contribution in [0.1, 0.15) is 18.4 Å². The molecule has 2 aromatic rings. The Balaban J connectivity index is 1.68. The predicted molar refractivity (Wildman–Crippen MR) is 134 cm³/mol. The van der Waals surface area contributed by atoms with Crippen LogP contribution < -0.4 is 24.4 Å². The van der Waals surface area contributed by atoms with Crippen LogP contribution in [0.2, 0.25) is 0 Å². The van der Waals surface area contributed by atoms with Gasteiger partial charge in [-0.1, -0.05) is 6.08 Å². The summed E-state index contributed by atoms with van der Waals surface area (Å²) in [6.07, 6.45) is 6.19. The van der Waals surface area contributed by atoms with Crippen LogP contribution in [-0.2, 0) is 0 Å². The number of methoxy groups -OCH3 is 3. The zero-order valence-corrected chi connectivity index (χ0v) is 20.7. The highest BCUT2D eigenvalue weighted by atomic mass is 19.2. The van der Waals surface area contributed by atoms with Gasteiger partial charge < -0.3 is 29.3 Å². The first kappa shape index (κ1) is 24.9. The number of benzene rings is 2. The lowest BCUT2D eigenvalue weighted by Gasteiger charge is -2.38. The molecule has 0 spiro atoms. The number of piperidine rings is 1. The SMILES string of the molecule is COc1cc(C2=CC(CN(c3ccc(F)c(F)c3)C3CCNCC3)=CCN2C)cc(OC)c1OC. The van der Waals surface area contributed by atoms with Gasteiger partial charge in [0, 0.05) is 49.2 Å². The van der Waals surface area contributed by atoms with Gasteiger partial charge in [-0.2, -0.15) is 0 Å². The molecular weight excluding hydrogens is 452 g/mol. The van der Waals surface area contributed by atoms with E-state index in [0.717, 1.165) is 49.3 Å². The Kier molecular flexibility index (Phi) is 7.80. The molecule has 1 saturated heterocycles. The maximum absolute atomic E-state index is 14.1. The van der Waals surface area contributed by atoms with Gasteiger partial charge in [0.05, 0.1) is 21.3 Å². The first-order chi connectivity index (χ1) is 16.9. The van der Waals surface area contributed by atoms with E-state index in [9.17, 15) is 8.78 Å². The molecule has 188 valence electrons. The summed E-state index contributed by atoms with van der Waals surface area (Å²) in [5, 5.41) is 3.38. The third-order valence-electron chi connectivity index (χ3n) is 6.66. The van der Waals surface area contributed by atoms with Crippen LogP contribution in [0.5, 0.6) is 17.2 Å². The molecule has 0 atom stereocenters. The second-order valence-corrected chi connectivity index (χ2v) is 8.81. The molecule has 0 unspecified atom stereocenters. The minimum absolute atomic E-state index is 0.236. The highest BCUT2D eigenvalue weighted by Crippen LogP contribution is 2.41. The summed E-state index contributed by atoms with van der Waals surface area (Å²) >= 11 is 0. The van der Waals surface area contributed by atoms with Gasteiger partial charge in [-0.3, -0.25) is 0 Å². The van der Waals surface area contributed by atoms with Crippen molar-refractivity contribution >= 4 is 11.4 Å². The summed E-state index contributed by atoms with van der Waals surface area (Å²) in [5.74, 6) is 0.0642. The Labute approximate surface area is 205 Å². The topological polar surface area (TPSA) is 46.2 Å². The van der Waals surface area contributed by atoms with Crippen LogP contribution in [-0.4, -0.2) is 65.5 Å². The third kappa shape index (κ3) is 5.37. The fourth-order valence-corrected chi connectivity index (χ4v) is 4.75. The van der Waals surface area contributed by atoms with E-state index < -0.39 is 11.6 Å². The van der Waals surface area contributed by atoms with Crippen molar-refractivity contribution < 1.29 is 23.0 Å². The summed E-state index contributed by atoms with van der Waals surface area (Å²) in [4.78, 5) is 4.35. The standard InChI is InChI=1S/C27H33F2N3O3/c1-31-12-9-18(13-24(31)19-14-25(33-2)27(35-4)26(15-19)34-3)17-32(20-7-10-30-11-8-20)21-5-6-22(28)23(29)16-21/h5-6,9,13-16,20,30H,7-8,10-12,17H2,1-4H3. The molecule has 0 aromatic heterocycles. The molecule has 0 radical (unpaired) electrons. The Bertz CT molecular complexity index is 1090. The lowest BCUT2D eigenvalue weighted by atomic mass is 9.99. The van der Waals surface area contributed by atoms with Crippen LogP contribution in [0.25, 0.3) is 5.70 Å². The second-order valence-electron chi connectivity index (χ2n) is 8.81. The Hall–Kier alpha value is -3.26. The van der Waals surface area contributed by atoms with Crippen LogP contribution in [0.4, 0.5) is 14.5 Å². The van der Waals surface area contributed by atoms with Gasteiger partial charge >= 0.3 is 0 Å². The lowest BCUT2D eigenvalue weighted by Crippen LogP contribution is -2.44. The molecular formula is C27H33F2N3O3. The molecule has 2 heterocycles. The predicted octanol–water partition coefficient (Wildman–Crippen LogP) is 4.46. The largest absolute Gasteiger partial charge is 0.493 e. The highest BCUT2D eigenvalue weighted by molar-refractivity contribution is 5.73. The van der Waals surface area contributed by atoms with Gasteiger partial charge in [-0.05, 0) is 61.8 Å². The maximum atomic E-state index is 14.1. The summed E-state index contributed by atoms with van der Waals surface area (Å²) < 4.78 is 44.4. The number of nitrogens with zero attached hydrogens (tertiary/aromatic N) is 2. The smallest absolute Gasteiger partial charge is 0.203 e. The molecule has 0 aliphatic carbocycles. The van der Waals surface area contributed by atoms with Crippen LogP contribution in [0.3, 0.4) is 0 Å². The van der Waals surface area contributed by atoms with E-state index in [-0.39, 0.29) is 6.04 Å². The van der Waals surface area contributed by atoms with E-state index in [1.807, 2.05) is 19.2 Å². The molecule has 35 heavy (non-hydrogen) atoms. The number of anilines is 1. The molecule has 2 aromatic carbocycles. The molecule has 0 bridgehead atoms. The van der Waals surface area contributed by atoms with Gasteiger partial charge in [0.2, 0.25) is 5.75 Å². The van der Waals surface area contributed by atoms with E-state index in [1.165, 1.54) is 12.1 Å². The van der Waals surface area contributed by atoms with E-state index in [0.29, 0.717) is 29.5 Å². The summed E-state index contributed by atoms with van der Waals surface area (Å²) in [6, 6.07) is 8.29. The van der Waals surface area contributed by atoms with E-state index >= 15 is 0 Å². The minimum atomic E-state index is -0.831. The number of likely N-dealkylation sites (N-methyl/N-ethyl adjacent to an activating group) is 1. The second kappa shape index (κ2) is 11.0. The number of halogens is 2. The third-order valence-corrected chi connectivity index (χ3v) is 6.66. The minimum Gasteiger partial charge on any atom is -0.493 e. The zero-order chi connectivity index (χ0) is 24.9. The first-order valence-electron chi connectivity index (χ1n) is 11.8. The molecule has 1 fully saturated rings. The number of hydrogen-bond acceptors (Lipinski definition) is 6. The summed E-state index contributed by atoms with van der Waals surface area (Å²) in [6.45, 7) is 3.12. The first-order valence-corrected chi connectivity index (χ1v) is 11.8. The quantitative estimate of drug-likeness (QED) is 0.596. The number of hydrogen-bond donors (Lipinski definition) is 1. The molecule has 1 N–H and O–H groups in total. The Morgan fingerprint density at radius 1 is 0.971 bits per heavy atom. The molecule has 0 saturated carbocycles. The molecule has 0 amide bonds. The lowest BCUT2D eigenvalue weighted by molar-refractivity contribution is 0.324. The Morgan fingerprint density at radius 3 is 2.26 bits per heavy atom. The average Bonchev–Trinajstić information content (AvgIpc) is 2.89. The number of ether oxygens (including phenoxy) is 3. The van der Waals surface area contributed by atoms with Crippen molar-refractivity contribution in [3.63, 3.8) is 0 Å². The number of rotatable bonds is 8. The van der Waals surface area contributed by atoms with Gasteiger partial charge in [0.25, 0.3) is 0 Å². The van der Waals surface area contributed by atoms with Crippen molar-refractivity contribution in [2.24, 2.45) is 0 Å². The molecule has 8 heteroatoms. The molecule has 2 aliphatic heterocycles. The summed E-state index contributed by atoms with van der Waals surface area (Å²) in [5.41, 5.74) is 3.75. The van der Waals surface area contributed by atoms with Gasteiger partial charge in [-0.25, -0.2) is 8.78 Å². The van der Waals surface area contributed by atoms with Crippen molar-refractivity contribution in [2.45, 2.75) is 18.9 Å². The molecule has 6 nitrogen and oxygen atoms in total. The van der Waals surface area contributed by atoms with Crippen molar-refractivity contribution in [3.05, 3.63) is 65.3 Å². The maximum Gasteiger partial charge on any atom is 0.203 e. The van der Waals surface area contributed by atoms with Crippen LogP contribution in [0, 0.1) is 11.6 Å².